The lowest BCUT2D eigenvalue weighted by atomic mass is 10.2. The number of nitrogens with zero attached hydrogens (tertiary/aromatic N) is 4. The molecular weight excluding hydrogens is 284 g/mol. The molecule has 3 aromatic rings. The first kappa shape index (κ1) is 12.4. The lowest BCUT2D eigenvalue weighted by molar-refractivity contribution is 0.477. The zero-order valence-electron chi connectivity index (χ0n) is 10.3. The predicted octanol–water partition coefficient (Wildman–Crippen LogP) is 3.34. The number of benzene rings is 1. The van der Waals surface area contributed by atoms with E-state index in [1.54, 1.807) is 22.7 Å². The average Bonchev–Trinajstić information content (AvgIpc) is 2.91. The second-order valence-electron chi connectivity index (χ2n) is 4.48. The molecule has 0 saturated heterocycles. The van der Waals surface area contributed by atoms with Crippen molar-refractivity contribution >= 4 is 27.9 Å². The standard InChI is InChI=1S/C12H11ClN4OS/c1-6(2)10-14-15-12-17(10)16-11(19-12)8-5-7(13)3-4-9(8)18/h3-6,18H,1-2H3. The van der Waals surface area contributed by atoms with Gasteiger partial charge < -0.3 is 5.11 Å². The average molecular weight is 295 g/mol. The first-order valence-corrected chi connectivity index (χ1v) is 6.96. The summed E-state index contributed by atoms with van der Waals surface area (Å²) in [7, 11) is 0. The number of aromatic nitrogens is 4. The van der Waals surface area contributed by atoms with Gasteiger partial charge in [0.05, 0.1) is 5.56 Å². The molecule has 0 aliphatic heterocycles. The maximum absolute atomic E-state index is 9.89. The topological polar surface area (TPSA) is 63.3 Å². The molecule has 7 heteroatoms. The summed E-state index contributed by atoms with van der Waals surface area (Å²) in [6.07, 6.45) is 0. The van der Waals surface area contributed by atoms with Gasteiger partial charge >= 0.3 is 0 Å². The van der Waals surface area contributed by atoms with Crippen LogP contribution in [0, 0.1) is 0 Å². The van der Waals surface area contributed by atoms with Crippen LogP contribution in [0.1, 0.15) is 25.6 Å². The van der Waals surface area contributed by atoms with Crippen LogP contribution < -0.4 is 0 Å². The largest absolute Gasteiger partial charge is 0.507 e. The molecule has 1 aromatic carbocycles. The van der Waals surface area contributed by atoms with Crippen molar-refractivity contribution in [3.05, 3.63) is 29.0 Å². The Hall–Kier alpha value is -1.66. The lowest BCUT2D eigenvalue weighted by Gasteiger charge is -2.01. The lowest BCUT2D eigenvalue weighted by Crippen LogP contribution is -1.97. The fourth-order valence-corrected chi connectivity index (χ4v) is 2.82. The van der Waals surface area contributed by atoms with Crippen molar-refractivity contribution in [3.8, 4) is 16.3 Å². The maximum Gasteiger partial charge on any atom is 0.234 e. The third kappa shape index (κ3) is 2.06. The van der Waals surface area contributed by atoms with Gasteiger partial charge in [0.1, 0.15) is 5.75 Å². The molecule has 0 bridgehead atoms. The summed E-state index contributed by atoms with van der Waals surface area (Å²) in [5, 5.41) is 23.8. The number of rotatable bonds is 2. The van der Waals surface area contributed by atoms with Crippen molar-refractivity contribution < 1.29 is 5.11 Å². The van der Waals surface area contributed by atoms with E-state index < -0.39 is 0 Å². The zero-order valence-corrected chi connectivity index (χ0v) is 11.9. The molecule has 2 aromatic heterocycles. The van der Waals surface area contributed by atoms with E-state index in [0.29, 0.717) is 20.6 Å². The highest BCUT2D eigenvalue weighted by molar-refractivity contribution is 7.19. The minimum Gasteiger partial charge on any atom is -0.507 e. The molecule has 0 aliphatic carbocycles. The highest BCUT2D eigenvalue weighted by Gasteiger charge is 2.16. The molecule has 0 saturated carbocycles. The Kier molecular flexibility index (Phi) is 2.91. The second kappa shape index (κ2) is 4.47. The Balaban J connectivity index is 2.18. The summed E-state index contributed by atoms with van der Waals surface area (Å²) in [5.74, 6) is 1.19. The van der Waals surface area contributed by atoms with Gasteiger partial charge in [0.2, 0.25) is 4.96 Å². The van der Waals surface area contributed by atoms with Crippen LogP contribution in [0.25, 0.3) is 15.5 Å². The fourth-order valence-electron chi connectivity index (χ4n) is 1.78. The molecule has 0 fully saturated rings. The van der Waals surface area contributed by atoms with Crippen LogP contribution >= 0.6 is 22.9 Å². The molecule has 0 atom stereocenters. The normalized spacial score (nSPS) is 11.6. The van der Waals surface area contributed by atoms with E-state index >= 15 is 0 Å². The number of fused-ring (bicyclic) bond motifs is 1. The van der Waals surface area contributed by atoms with Crippen LogP contribution in [0.3, 0.4) is 0 Å². The maximum atomic E-state index is 9.89. The molecule has 3 rings (SSSR count). The van der Waals surface area contributed by atoms with Crippen LogP contribution in [0.2, 0.25) is 5.02 Å². The van der Waals surface area contributed by atoms with E-state index in [2.05, 4.69) is 15.3 Å². The Labute approximate surface area is 118 Å². The van der Waals surface area contributed by atoms with Crippen LogP contribution in [0.4, 0.5) is 0 Å². The van der Waals surface area contributed by atoms with Gasteiger partial charge in [0.15, 0.2) is 10.8 Å². The van der Waals surface area contributed by atoms with Gasteiger partial charge in [-0.3, -0.25) is 0 Å². The van der Waals surface area contributed by atoms with E-state index in [1.165, 1.54) is 11.3 Å². The number of hydrogen-bond acceptors (Lipinski definition) is 5. The van der Waals surface area contributed by atoms with Crippen molar-refractivity contribution in [2.24, 2.45) is 0 Å². The van der Waals surface area contributed by atoms with Crippen LogP contribution in [-0.4, -0.2) is 24.9 Å². The number of phenolic OH excluding ortho intramolecular Hbond substituents is 1. The minimum absolute atomic E-state index is 0.153. The molecule has 0 amide bonds. The summed E-state index contributed by atoms with van der Waals surface area (Å²) < 4.78 is 1.71. The van der Waals surface area contributed by atoms with Gasteiger partial charge in [-0.25, -0.2) is 0 Å². The van der Waals surface area contributed by atoms with Gasteiger partial charge in [-0.2, -0.15) is 9.61 Å². The fraction of sp³-hybridized carbons (Fsp3) is 0.250. The second-order valence-corrected chi connectivity index (χ2v) is 5.87. The number of hydrogen-bond donors (Lipinski definition) is 1. The van der Waals surface area contributed by atoms with Gasteiger partial charge in [-0.15, -0.1) is 10.2 Å². The van der Waals surface area contributed by atoms with Crippen molar-refractivity contribution in [1.82, 2.24) is 19.8 Å². The Morgan fingerprint density at radius 1 is 1.32 bits per heavy atom. The zero-order chi connectivity index (χ0) is 13.6. The number of phenols is 1. The van der Waals surface area contributed by atoms with Crippen molar-refractivity contribution in [1.29, 1.82) is 0 Å². The molecule has 5 nitrogen and oxygen atoms in total. The summed E-state index contributed by atoms with van der Waals surface area (Å²) in [6, 6.07) is 4.89. The molecule has 1 N–H and O–H groups in total. The third-order valence-corrected chi connectivity index (χ3v) is 3.89. The first-order chi connectivity index (χ1) is 9.06. The first-order valence-electron chi connectivity index (χ1n) is 5.77. The number of aromatic hydroxyl groups is 1. The SMILES string of the molecule is CC(C)c1nnc2sc(-c3cc(Cl)ccc3O)nn12. The molecule has 0 unspecified atom stereocenters. The van der Waals surface area contributed by atoms with Crippen molar-refractivity contribution in [3.63, 3.8) is 0 Å². The molecule has 19 heavy (non-hydrogen) atoms. The molecule has 0 spiro atoms. The van der Waals surface area contributed by atoms with Crippen LogP contribution in [0.15, 0.2) is 18.2 Å². The predicted molar refractivity (Wildman–Crippen MR) is 74.9 cm³/mol. The molecule has 2 heterocycles. The third-order valence-electron chi connectivity index (χ3n) is 2.72. The summed E-state index contributed by atoms with van der Waals surface area (Å²) in [6.45, 7) is 4.07. The summed E-state index contributed by atoms with van der Waals surface area (Å²) >= 11 is 7.32. The van der Waals surface area contributed by atoms with E-state index in [9.17, 15) is 5.11 Å². The van der Waals surface area contributed by atoms with Crippen molar-refractivity contribution in [2.75, 3.05) is 0 Å². The Morgan fingerprint density at radius 3 is 2.84 bits per heavy atom. The van der Waals surface area contributed by atoms with Gasteiger partial charge in [-0.1, -0.05) is 36.8 Å². The summed E-state index contributed by atoms with van der Waals surface area (Å²) in [4.78, 5) is 0.707. The van der Waals surface area contributed by atoms with E-state index in [4.69, 9.17) is 11.6 Å². The minimum atomic E-state index is 0.153. The van der Waals surface area contributed by atoms with Crippen LogP contribution in [0.5, 0.6) is 5.75 Å². The van der Waals surface area contributed by atoms with Crippen molar-refractivity contribution in [2.45, 2.75) is 19.8 Å². The van der Waals surface area contributed by atoms with E-state index in [1.807, 2.05) is 13.8 Å². The quantitative estimate of drug-likeness (QED) is 0.787. The monoisotopic (exact) mass is 294 g/mol. The Bertz CT molecular complexity index is 749. The van der Waals surface area contributed by atoms with Gasteiger partial charge in [0, 0.05) is 10.9 Å². The molecule has 98 valence electrons. The Morgan fingerprint density at radius 2 is 2.11 bits per heavy atom. The molecule has 0 radical (unpaired) electrons. The van der Waals surface area contributed by atoms with Gasteiger partial charge in [0.25, 0.3) is 0 Å². The molecular formula is C12H11ClN4OS. The molecule has 0 aliphatic rings. The highest BCUT2D eigenvalue weighted by Crippen LogP contribution is 2.34. The van der Waals surface area contributed by atoms with E-state index in [0.717, 1.165) is 5.82 Å². The smallest absolute Gasteiger partial charge is 0.234 e. The summed E-state index contributed by atoms with van der Waals surface area (Å²) in [5.41, 5.74) is 0.609. The van der Waals surface area contributed by atoms with E-state index in [-0.39, 0.29) is 11.7 Å². The highest BCUT2D eigenvalue weighted by atomic mass is 35.5. The van der Waals surface area contributed by atoms with Gasteiger partial charge in [-0.05, 0) is 18.2 Å². The van der Waals surface area contributed by atoms with Crippen LogP contribution in [-0.2, 0) is 0 Å². The number of halogens is 1.